The van der Waals surface area contributed by atoms with Gasteiger partial charge in [-0.2, -0.15) is 0 Å². The van der Waals surface area contributed by atoms with Crippen molar-refractivity contribution in [3.05, 3.63) is 29.8 Å². The van der Waals surface area contributed by atoms with Gasteiger partial charge in [-0.05, 0) is 43.4 Å². The van der Waals surface area contributed by atoms with E-state index in [9.17, 15) is 5.11 Å². The topological polar surface area (TPSA) is 55.5 Å². The third-order valence-corrected chi connectivity index (χ3v) is 4.37. The molecule has 1 aromatic rings. The first-order valence-corrected chi connectivity index (χ1v) is 8.75. The summed E-state index contributed by atoms with van der Waals surface area (Å²) in [7, 11) is 0. The molecule has 0 bridgehead atoms. The Labute approximate surface area is 148 Å². The maximum absolute atomic E-state index is 9.34. The number of ether oxygens (including phenoxy) is 1. The van der Waals surface area contributed by atoms with Crippen molar-refractivity contribution in [2.75, 3.05) is 13.2 Å². The summed E-state index contributed by atoms with van der Waals surface area (Å²) >= 11 is 0. The van der Waals surface area contributed by atoms with E-state index in [4.69, 9.17) is 10.5 Å². The van der Waals surface area contributed by atoms with Crippen LogP contribution in [0.25, 0.3) is 0 Å². The minimum Gasteiger partial charge on any atom is -0.494 e. The first kappa shape index (κ1) is 22.2. The number of hydrogen-bond donors (Lipinski definition) is 2. The fourth-order valence-electron chi connectivity index (χ4n) is 2.41. The first-order valence-electron chi connectivity index (χ1n) is 8.75. The Morgan fingerprint density at radius 1 is 1.04 bits per heavy atom. The molecule has 0 amide bonds. The summed E-state index contributed by atoms with van der Waals surface area (Å²) < 4.78 is 5.76. The third-order valence-electron chi connectivity index (χ3n) is 4.37. The van der Waals surface area contributed by atoms with Crippen LogP contribution in [-0.4, -0.2) is 23.9 Å². The molecule has 0 spiro atoms. The van der Waals surface area contributed by atoms with Crippen molar-refractivity contribution in [3.8, 4) is 5.75 Å². The monoisotopic (exact) mass is 343 g/mol. The Bertz CT molecular complexity index is 391. The Balaban J connectivity index is 0.00000484. The van der Waals surface area contributed by atoms with Crippen molar-refractivity contribution in [1.29, 1.82) is 0 Å². The molecule has 0 aliphatic rings. The molecular weight excluding hydrogens is 310 g/mol. The Hall–Kier alpha value is -0.770. The van der Waals surface area contributed by atoms with E-state index in [0.717, 1.165) is 38.0 Å². The van der Waals surface area contributed by atoms with E-state index < -0.39 is 5.54 Å². The molecule has 0 aliphatic carbocycles. The van der Waals surface area contributed by atoms with Crippen molar-refractivity contribution in [1.82, 2.24) is 0 Å². The highest BCUT2D eigenvalue weighted by Gasteiger charge is 2.20. The molecule has 0 aromatic heterocycles. The van der Waals surface area contributed by atoms with Gasteiger partial charge >= 0.3 is 0 Å². The number of hydrogen-bond acceptors (Lipinski definition) is 3. The number of rotatable bonds is 12. The predicted molar refractivity (Wildman–Crippen MR) is 101 cm³/mol. The molecule has 0 saturated carbocycles. The van der Waals surface area contributed by atoms with E-state index in [2.05, 4.69) is 19.1 Å². The average molecular weight is 344 g/mol. The summed E-state index contributed by atoms with van der Waals surface area (Å²) in [6.07, 6.45) is 8.78. The maximum Gasteiger partial charge on any atom is 0.119 e. The zero-order valence-corrected chi connectivity index (χ0v) is 15.5. The minimum absolute atomic E-state index is 0. The van der Waals surface area contributed by atoms with Gasteiger partial charge in [0.15, 0.2) is 0 Å². The lowest BCUT2D eigenvalue weighted by molar-refractivity contribution is 0.183. The summed E-state index contributed by atoms with van der Waals surface area (Å²) in [5.41, 5.74) is 6.91. The van der Waals surface area contributed by atoms with Gasteiger partial charge in [-0.15, -0.1) is 12.4 Å². The van der Waals surface area contributed by atoms with E-state index in [1.807, 2.05) is 19.1 Å². The molecule has 1 aromatic carbocycles. The summed E-state index contributed by atoms with van der Waals surface area (Å²) in [6.45, 7) is 5.10. The second-order valence-electron chi connectivity index (χ2n) is 6.28. The minimum atomic E-state index is -0.451. The number of halogens is 1. The molecule has 1 atom stereocenters. The fraction of sp³-hybridized carbons (Fsp3) is 0.684. The van der Waals surface area contributed by atoms with Gasteiger partial charge in [0.1, 0.15) is 5.75 Å². The summed E-state index contributed by atoms with van der Waals surface area (Å²) in [5.74, 6) is 0.941. The zero-order chi connectivity index (χ0) is 16.3. The van der Waals surface area contributed by atoms with Crippen LogP contribution in [0.2, 0.25) is 0 Å². The lowest BCUT2D eigenvalue weighted by atomic mass is 9.90. The molecule has 1 rings (SSSR count). The molecule has 134 valence electrons. The summed E-state index contributed by atoms with van der Waals surface area (Å²) in [6, 6.07) is 8.26. The summed E-state index contributed by atoms with van der Waals surface area (Å²) in [5, 5.41) is 9.34. The quantitative estimate of drug-likeness (QED) is 0.550. The molecule has 3 N–H and O–H groups in total. The normalized spacial score (nSPS) is 13.2. The van der Waals surface area contributed by atoms with Crippen molar-refractivity contribution in [3.63, 3.8) is 0 Å². The van der Waals surface area contributed by atoms with Crippen molar-refractivity contribution >= 4 is 12.4 Å². The molecule has 0 fully saturated rings. The van der Waals surface area contributed by atoms with Crippen molar-refractivity contribution < 1.29 is 9.84 Å². The number of benzene rings is 1. The van der Waals surface area contributed by atoms with E-state index in [1.165, 1.54) is 31.2 Å². The lowest BCUT2D eigenvalue weighted by Gasteiger charge is -2.25. The largest absolute Gasteiger partial charge is 0.494 e. The van der Waals surface area contributed by atoms with Gasteiger partial charge in [0, 0.05) is 5.54 Å². The highest BCUT2D eigenvalue weighted by atomic mass is 35.5. The second-order valence-corrected chi connectivity index (χ2v) is 6.28. The van der Waals surface area contributed by atoms with Gasteiger partial charge in [-0.25, -0.2) is 0 Å². The van der Waals surface area contributed by atoms with Crippen molar-refractivity contribution in [2.24, 2.45) is 5.73 Å². The van der Waals surface area contributed by atoms with Gasteiger partial charge in [0.05, 0.1) is 13.2 Å². The zero-order valence-electron chi connectivity index (χ0n) is 14.7. The molecule has 3 nitrogen and oxygen atoms in total. The molecule has 1 unspecified atom stereocenters. The Morgan fingerprint density at radius 3 is 2.26 bits per heavy atom. The molecule has 23 heavy (non-hydrogen) atoms. The maximum atomic E-state index is 9.34. The molecule has 0 heterocycles. The first-order chi connectivity index (χ1) is 10.6. The van der Waals surface area contributed by atoms with Gasteiger partial charge in [0.2, 0.25) is 0 Å². The molecule has 0 radical (unpaired) electrons. The van der Waals surface area contributed by atoms with Gasteiger partial charge < -0.3 is 15.6 Å². The predicted octanol–water partition coefficient (Wildman–Crippen LogP) is 4.49. The van der Waals surface area contributed by atoms with Gasteiger partial charge in [-0.3, -0.25) is 0 Å². The van der Waals surface area contributed by atoms with Crippen molar-refractivity contribution in [2.45, 2.75) is 70.8 Å². The van der Waals surface area contributed by atoms with Crippen LogP contribution in [0.1, 0.15) is 64.4 Å². The Morgan fingerprint density at radius 2 is 1.70 bits per heavy atom. The van der Waals surface area contributed by atoms with Crippen LogP contribution in [0.3, 0.4) is 0 Å². The number of aliphatic hydroxyl groups excluding tert-OH is 1. The fourth-order valence-corrected chi connectivity index (χ4v) is 2.41. The lowest BCUT2D eigenvalue weighted by Crippen LogP contribution is -2.43. The van der Waals surface area contributed by atoms with Crippen LogP contribution in [0.5, 0.6) is 5.75 Å². The SMILES string of the molecule is CCCCCCCOc1ccc(CCC(N)(CC)CO)cc1.Cl. The van der Waals surface area contributed by atoms with E-state index >= 15 is 0 Å². The van der Waals surface area contributed by atoms with Gasteiger partial charge in [-0.1, -0.05) is 51.7 Å². The number of unbranched alkanes of at least 4 members (excludes halogenated alkanes) is 4. The number of aryl methyl sites for hydroxylation is 1. The van der Waals surface area contributed by atoms with Crippen LogP contribution in [0, 0.1) is 0 Å². The van der Waals surface area contributed by atoms with Crippen LogP contribution >= 0.6 is 12.4 Å². The smallest absolute Gasteiger partial charge is 0.119 e. The second kappa shape index (κ2) is 12.6. The van der Waals surface area contributed by atoms with Crippen LogP contribution in [0.4, 0.5) is 0 Å². The molecule has 0 aliphatic heterocycles. The van der Waals surface area contributed by atoms with E-state index in [-0.39, 0.29) is 19.0 Å². The van der Waals surface area contributed by atoms with Crippen LogP contribution in [0.15, 0.2) is 24.3 Å². The summed E-state index contributed by atoms with van der Waals surface area (Å²) in [4.78, 5) is 0. The van der Waals surface area contributed by atoms with E-state index in [0.29, 0.717) is 0 Å². The highest BCUT2D eigenvalue weighted by molar-refractivity contribution is 5.85. The number of aliphatic hydroxyl groups is 1. The van der Waals surface area contributed by atoms with Gasteiger partial charge in [0.25, 0.3) is 0 Å². The average Bonchev–Trinajstić information content (AvgIpc) is 2.57. The van der Waals surface area contributed by atoms with E-state index in [1.54, 1.807) is 0 Å². The molecular formula is C19H34ClNO2. The Kier molecular flexibility index (Phi) is 12.2. The third kappa shape index (κ3) is 9.19. The number of nitrogens with two attached hydrogens (primary N) is 1. The van der Waals surface area contributed by atoms with Crippen LogP contribution in [-0.2, 0) is 6.42 Å². The molecule has 0 saturated heterocycles. The van der Waals surface area contributed by atoms with Crippen LogP contribution < -0.4 is 10.5 Å². The standard InChI is InChI=1S/C19H33NO2.ClH/c1-3-5-6-7-8-15-22-18-11-9-17(10-12-18)13-14-19(20,4-2)16-21;/h9-12,21H,3-8,13-16,20H2,1-2H3;1H. The highest BCUT2D eigenvalue weighted by Crippen LogP contribution is 2.18. The molecule has 4 heteroatoms.